The van der Waals surface area contributed by atoms with Gasteiger partial charge in [-0.05, 0) is 11.6 Å². The fourth-order valence-corrected chi connectivity index (χ4v) is 2.20. The zero-order valence-corrected chi connectivity index (χ0v) is 13.6. The smallest absolute Gasteiger partial charge is 0.328 e. The Morgan fingerprint density at radius 2 is 1.84 bits per heavy atom. The third-order valence-corrected chi connectivity index (χ3v) is 3.45. The molecule has 8 heteroatoms. The van der Waals surface area contributed by atoms with E-state index in [1.54, 1.807) is 6.07 Å². The second kappa shape index (κ2) is 8.76. The largest absolute Gasteiger partial charge is 0.468 e. The van der Waals surface area contributed by atoms with Crippen molar-refractivity contribution in [2.24, 2.45) is 0 Å². The van der Waals surface area contributed by atoms with Crippen LogP contribution in [-0.4, -0.2) is 40.8 Å². The van der Waals surface area contributed by atoms with Crippen molar-refractivity contribution in [1.29, 1.82) is 0 Å². The first-order valence-electron chi connectivity index (χ1n) is 7.47. The van der Waals surface area contributed by atoms with Crippen LogP contribution in [0.1, 0.15) is 5.56 Å². The Bertz CT molecular complexity index is 722. The van der Waals surface area contributed by atoms with Gasteiger partial charge in [0.15, 0.2) is 6.04 Å². The minimum absolute atomic E-state index is 0.0363. The van der Waals surface area contributed by atoms with Crippen LogP contribution in [0.4, 0.5) is 5.69 Å². The number of esters is 1. The molecule has 0 aromatic heterocycles. The molecule has 0 saturated carbocycles. The van der Waals surface area contributed by atoms with Crippen molar-refractivity contribution in [3.05, 3.63) is 70.3 Å². The van der Waals surface area contributed by atoms with Crippen LogP contribution in [0.3, 0.4) is 0 Å². The lowest BCUT2D eigenvalue weighted by Crippen LogP contribution is -2.46. The average molecular weight is 346 g/mol. The van der Waals surface area contributed by atoms with E-state index >= 15 is 0 Å². The van der Waals surface area contributed by atoms with E-state index < -0.39 is 23.5 Å². The Morgan fingerprint density at radius 1 is 1.20 bits per heavy atom. The zero-order chi connectivity index (χ0) is 18.2. The van der Waals surface area contributed by atoms with Gasteiger partial charge in [0, 0.05) is 6.07 Å². The highest BCUT2D eigenvalue weighted by Crippen LogP contribution is 2.28. The van der Waals surface area contributed by atoms with Crippen LogP contribution in [0.5, 0.6) is 5.75 Å². The maximum atomic E-state index is 11.9. The number of nitro groups is 1. The van der Waals surface area contributed by atoms with Gasteiger partial charge in [0.25, 0.3) is 0 Å². The van der Waals surface area contributed by atoms with Gasteiger partial charge < -0.3 is 14.7 Å². The number of rotatable bonds is 8. The monoisotopic (exact) mass is 346 g/mol. The molecule has 1 atom stereocenters. The molecule has 0 aliphatic rings. The average Bonchev–Trinajstić information content (AvgIpc) is 2.63. The van der Waals surface area contributed by atoms with Crippen molar-refractivity contribution in [3.63, 3.8) is 0 Å². The van der Waals surface area contributed by atoms with Crippen molar-refractivity contribution in [3.8, 4) is 5.75 Å². The molecule has 2 aromatic carbocycles. The number of benzene rings is 2. The SMILES string of the molecule is COC(=O)[C@@H](CO)N(Cc1ccccc1)Oc1ccccc1[N+](=O)[O-]. The Balaban J connectivity index is 2.34. The number of para-hydroxylation sites is 2. The lowest BCUT2D eigenvalue weighted by molar-refractivity contribution is -0.387. The molecule has 0 heterocycles. The summed E-state index contributed by atoms with van der Waals surface area (Å²) < 4.78 is 4.68. The first-order valence-corrected chi connectivity index (χ1v) is 7.47. The van der Waals surface area contributed by atoms with Gasteiger partial charge in [-0.2, -0.15) is 0 Å². The summed E-state index contributed by atoms with van der Waals surface area (Å²) in [6.45, 7) is -0.451. The summed E-state index contributed by atoms with van der Waals surface area (Å²) >= 11 is 0. The van der Waals surface area contributed by atoms with Gasteiger partial charge in [-0.25, -0.2) is 0 Å². The molecule has 0 amide bonds. The summed E-state index contributed by atoms with van der Waals surface area (Å²) in [5.74, 6) is -0.747. The van der Waals surface area contributed by atoms with Crippen molar-refractivity contribution < 1.29 is 24.4 Å². The lowest BCUT2D eigenvalue weighted by Gasteiger charge is -2.27. The maximum Gasteiger partial charge on any atom is 0.328 e. The van der Waals surface area contributed by atoms with Crippen LogP contribution in [0.2, 0.25) is 0 Å². The van der Waals surface area contributed by atoms with Gasteiger partial charge in [0.2, 0.25) is 5.75 Å². The fraction of sp³-hybridized carbons (Fsp3) is 0.235. The zero-order valence-electron chi connectivity index (χ0n) is 13.6. The van der Waals surface area contributed by atoms with E-state index in [9.17, 15) is 20.0 Å². The number of hydrogen-bond acceptors (Lipinski definition) is 7. The summed E-state index contributed by atoms with van der Waals surface area (Å²) in [6.07, 6.45) is 0. The topological polar surface area (TPSA) is 102 Å². The Labute approximate surface area is 144 Å². The van der Waals surface area contributed by atoms with Gasteiger partial charge >= 0.3 is 11.7 Å². The number of nitro benzene ring substituents is 1. The highest BCUT2D eigenvalue weighted by Gasteiger charge is 2.30. The lowest BCUT2D eigenvalue weighted by atomic mass is 10.2. The molecule has 2 rings (SSSR count). The molecule has 0 spiro atoms. The van der Waals surface area contributed by atoms with Gasteiger partial charge in [0.1, 0.15) is 0 Å². The van der Waals surface area contributed by atoms with Crippen LogP contribution in [0.15, 0.2) is 54.6 Å². The molecule has 132 valence electrons. The number of aliphatic hydroxyl groups is 1. The van der Waals surface area contributed by atoms with E-state index in [1.807, 2.05) is 30.3 Å². The van der Waals surface area contributed by atoms with Crippen molar-refractivity contribution in [2.45, 2.75) is 12.6 Å². The number of methoxy groups -OCH3 is 1. The highest BCUT2D eigenvalue weighted by atomic mass is 16.7. The highest BCUT2D eigenvalue weighted by molar-refractivity contribution is 5.75. The minimum Gasteiger partial charge on any atom is -0.468 e. The maximum absolute atomic E-state index is 11.9. The number of nitrogens with zero attached hydrogens (tertiary/aromatic N) is 2. The molecular formula is C17H18N2O6. The molecule has 0 aliphatic heterocycles. The number of aliphatic hydroxyl groups excluding tert-OH is 1. The Hall–Kier alpha value is -2.97. The Kier molecular flexibility index (Phi) is 6.44. The summed E-state index contributed by atoms with van der Waals surface area (Å²) in [5, 5.41) is 21.9. The molecule has 0 fully saturated rings. The molecule has 0 radical (unpaired) electrons. The fourth-order valence-electron chi connectivity index (χ4n) is 2.20. The molecule has 0 saturated heterocycles. The van der Waals surface area contributed by atoms with E-state index in [1.165, 1.54) is 30.4 Å². The van der Waals surface area contributed by atoms with Crippen molar-refractivity contribution in [1.82, 2.24) is 5.06 Å². The third-order valence-electron chi connectivity index (χ3n) is 3.45. The minimum atomic E-state index is -1.13. The number of hydrogen-bond donors (Lipinski definition) is 1. The second-order valence-electron chi connectivity index (χ2n) is 5.10. The molecule has 0 unspecified atom stereocenters. The standard InChI is InChI=1S/C17H18N2O6/c1-24-17(21)15(12-20)18(11-13-7-3-2-4-8-13)25-16-10-6-5-9-14(16)19(22)23/h2-10,15,20H,11-12H2,1H3/t15-/m1/s1. The first-order chi connectivity index (χ1) is 12.1. The van der Waals surface area contributed by atoms with Crippen LogP contribution in [0, 0.1) is 10.1 Å². The molecule has 0 bridgehead atoms. The van der Waals surface area contributed by atoms with Crippen molar-refractivity contribution in [2.75, 3.05) is 13.7 Å². The number of hydroxylamine groups is 2. The quantitative estimate of drug-likeness (QED) is 0.442. The van der Waals surface area contributed by atoms with Crippen LogP contribution < -0.4 is 4.84 Å². The van der Waals surface area contributed by atoms with Crippen molar-refractivity contribution >= 4 is 11.7 Å². The van der Waals surface area contributed by atoms with E-state index in [0.29, 0.717) is 0 Å². The molecule has 0 aliphatic carbocycles. The van der Waals surface area contributed by atoms with E-state index in [-0.39, 0.29) is 18.0 Å². The summed E-state index contributed by atoms with van der Waals surface area (Å²) in [4.78, 5) is 28.1. The summed E-state index contributed by atoms with van der Waals surface area (Å²) in [6, 6.07) is 13.7. The summed E-state index contributed by atoms with van der Waals surface area (Å²) in [7, 11) is 1.19. The van der Waals surface area contributed by atoms with Gasteiger partial charge in [-0.1, -0.05) is 42.5 Å². The molecule has 25 heavy (non-hydrogen) atoms. The van der Waals surface area contributed by atoms with E-state index in [2.05, 4.69) is 4.74 Å². The molecule has 2 aromatic rings. The predicted molar refractivity (Wildman–Crippen MR) is 88.6 cm³/mol. The first kappa shape index (κ1) is 18.4. The normalized spacial score (nSPS) is 11.8. The number of carbonyl (C=O) groups excluding carboxylic acids is 1. The molecule has 1 N–H and O–H groups in total. The second-order valence-corrected chi connectivity index (χ2v) is 5.10. The van der Waals surface area contributed by atoms with Crippen LogP contribution in [-0.2, 0) is 16.1 Å². The molecular weight excluding hydrogens is 328 g/mol. The third kappa shape index (κ3) is 4.75. The molecule has 8 nitrogen and oxygen atoms in total. The van der Waals surface area contributed by atoms with Gasteiger partial charge in [-0.15, -0.1) is 5.06 Å². The van der Waals surface area contributed by atoms with E-state index in [0.717, 1.165) is 5.56 Å². The number of ether oxygens (including phenoxy) is 1. The van der Waals surface area contributed by atoms with Crippen LogP contribution >= 0.6 is 0 Å². The van der Waals surface area contributed by atoms with Gasteiger partial charge in [-0.3, -0.25) is 14.9 Å². The van der Waals surface area contributed by atoms with Gasteiger partial charge in [0.05, 0.1) is 25.2 Å². The number of carbonyl (C=O) groups is 1. The summed E-state index contributed by atoms with van der Waals surface area (Å²) in [5.41, 5.74) is 0.547. The Morgan fingerprint density at radius 3 is 2.44 bits per heavy atom. The van der Waals surface area contributed by atoms with Crippen LogP contribution in [0.25, 0.3) is 0 Å². The predicted octanol–water partition coefficient (Wildman–Crippen LogP) is 1.92. The van der Waals surface area contributed by atoms with E-state index in [4.69, 9.17) is 4.84 Å².